The van der Waals surface area contributed by atoms with Crippen LogP contribution in [0.1, 0.15) is 17.8 Å². The van der Waals surface area contributed by atoms with Gasteiger partial charge >= 0.3 is 0 Å². The molecule has 0 unspecified atom stereocenters. The Bertz CT molecular complexity index is 799. The molecule has 0 bridgehead atoms. The molecule has 4 nitrogen and oxygen atoms in total. The molecule has 0 aliphatic rings. The number of para-hydroxylation sites is 2. The summed E-state index contributed by atoms with van der Waals surface area (Å²) in [4.78, 5) is 7.87. The summed E-state index contributed by atoms with van der Waals surface area (Å²) in [5.74, 6) is 0.986. The summed E-state index contributed by atoms with van der Waals surface area (Å²) in [5, 5.41) is 12.9. The molecule has 0 aliphatic carbocycles. The zero-order valence-corrected chi connectivity index (χ0v) is 12.7. The van der Waals surface area contributed by atoms with Gasteiger partial charge in [0.2, 0.25) is 0 Å². The Balaban J connectivity index is 1.56. The lowest BCUT2D eigenvalue weighted by Crippen LogP contribution is -2.05. The number of anilines is 1. The zero-order chi connectivity index (χ0) is 15.4. The Kier molecular flexibility index (Phi) is 4.27. The number of aromatic nitrogens is 2. The summed E-state index contributed by atoms with van der Waals surface area (Å²) < 4.78 is 0. The van der Waals surface area contributed by atoms with Crippen LogP contribution in [0.4, 0.5) is 5.69 Å². The summed E-state index contributed by atoms with van der Waals surface area (Å²) >= 11 is 5.88. The van der Waals surface area contributed by atoms with Crippen molar-refractivity contribution in [1.82, 2.24) is 9.97 Å². The summed E-state index contributed by atoms with van der Waals surface area (Å²) in [6, 6.07) is 15.4. The number of hydrogen-bond acceptors (Lipinski definition) is 3. The predicted octanol–water partition coefficient (Wildman–Crippen LogP) is 4.13. The van der Waals surface area contributed by atoms with E-state index in [-0.39, 0.29) is 0 Å². The van der Waals surface area contributed by atoms with Gasteiger partial charge in [0, 0.05) is 18.0 Å². The number of hydrogen-bond donors (Lipinski definition) is 2. The van der Waals surface area contributed by atoms with E-state index in [0.29, 0.717) is 10.6 Å². The van der Waals surface area contributed by atoms with Crippen LogP contribution in [0.2, 0.25) is 5.02 Å². The van der Waals surface area contributed by atoms with Gasteiger partial charge in [0.15, 0.2) is 0 Å². The minimum Gasteiger partial charge on any atom is -0.384 e. The largest absolute Gasteiger partial charge is 0.384 e. The van der Waals surface area contributed by atoms with Gasteiger partial charge in [-0.15, -0.1) is 0 Å². The zero-order valence-electron chi connectivity index (χ0n) is 11.9. The van der Waals surface area contributed by atoms with Crippen molar-refractivity contribution in [3.05, 3.63) is 58.9 Å². The fourth-order valence-corrected chi connectivity index (χ4v) is 2.54. The number of imidazole rings is 1. The third kappa shape index (κ3) is 3.21. The average Bonchev–Trinajstić information content (AvgIpc) is 2.95. The maximum atomic E-state index is 9.09. The molecule has 110 valence electrons. The number of halogens is 1. The van der Waals surface area contributed by atoms with Gasteiger partial charge < -0.3 is 10.3 Å². The van der Waals surface area contributed by atoms with E-state index in [9.17, 15) is 0 Å². The number of H-pyrrole nitrogens is 1. The van der Waals surface area contributed by atoms with Gasteiger partial charge in [-0.1, -0.05) is 23.7 Å². The maximum absolute atomic E-state index is 9.09. The second-order valence-corrected chi connectivity index (χ2v) is 5.47. The van der Waals surface area contributed by atoms with E-state index in [4.69, 9.17) is 16.9 Å². The molecule has 5 heteroatoms. The van der Waals surface area contributed by atoms with Gasteiger partial charge in [-0.25, -0.2) is 4.98 Å². The molecule has 1 aromatic heterocycles. The van der Waals surface area contributed by atoms with E-state index < -0.39 is 0 Å². The van der Waals surface area contributed by atoms with Crippen molar-refractivity contribution in [3.8, 4) is 6.07 Å². The van der Waals surface area contributed by atoms with Crippen molar-refractivity contribution >= 4 is 28.3 Å². The van der Waals surface area contributed by atoms with Crippen LogP contribution in [0.3, 0.4) is 0 Å². The Morgan fingerprint density at radius 3 is 2.91 bits per heavy atom. The van der Waals surface area contributed by atoms with Crippen LogP contribution in [0.5, 0.6) is 0 Å². The van der Waals surface area contributed by atoms with E-state index >= 15 is 0 Å². The molecule has 1 heterocycles. The highest BCUT2D eigenvalue weighted by atomic mass is 35.5. The van der Waals surface area contributed by atoms with E-state index in [0.717, 1.165) is 41.9 Å². The van der Waals surface area contributed by atoms with Gasteiger partial charge in [-0.3, -0.25) is 0 Å². The molecule has 0 saturated carbocycles. The lowest BCUT2D eigenvalue weighted by atomic mass is 10.2. The number of aromatic amines is 1. The minimum absolute atomic E-state index is 0.566. The molecule has 0 saturated heterocycles. The molecular weight excluding hydrogens is 296 g/mol. The van der Waals surface area contributed by atoms with Crippen molar-refractivity contribution in [3.63, 3.8) is 0 Å². The minimum atomic E-state index is 0.566. The Hall–Kier alpha value is -2.51. The fraction of sp³-hybridized carbons (Fsp3) is 0.176. The lowest BCUT2D eigenvalue weighted by Gasteiger charge is -2.07. The SMILES string of the molecule is N#Cc1cc(Cl)ccc1NCCCc1nc2ccccc2[nH]1. The molecule has 0 radical (unpaired) electrons. The molecule has 0 fully saturated rings. The third-order valence-electron chi connectivity index (χ3n) is 3.45. The average molecular weight is 311 g/mol. The topological polar surface area (TPSA) is 64.5 Å². The standard InChI is InChI=1S/C17H15ClN4/c18-13-7-8-14(12(10-13)11-19)20-9-3-6-17-21-15-4-1-2-5-16(15)22-17/h1-2,4-5,7-8,10,20H,3,6,9H2,(H,21,22). The van der Waals surface area contributed by atoms with Gasteiger partial charge in [-0.05, 0) is 36.8 Å². The molecule has 2 aromatic carbocycles. The van der Waals surface area contributed by atoms with Crippen molar-refractivity contribution < 1.29 is 0 Å². The van der Waals surface area contributed by atoms with Crippen LogP contribution in [-0.4, -0.2) is 16.5 Å². The molecule has 0 aliphatic heterocycles. The number of nitriles is 1. The number of nitrogens with zero attached hydrogens (tertiary/aromatic N) is 2. The van der Waals surface area contributed by atoms with E-state index in [1.165, 1.54) is 0 Å². The lowest BCUT2D eigenvalue weighted by molar-refractivity contribution is 0.820. The number of rotatable bonds is 5. The second-order valence-electron chi connectivity index (χ2n) is 5.03. The Morgan fingerprint density at radius 1 is 1.23 bits per heavy atom. The highest BCUT2D eigenvalue weighted by molar-refractivity contribution is 6.30. The normalized spacial score (nSPS) is 10.5. The van der Waals surface area contributed by atoms with Crippen LogP contribution < -0.4 is 5.32 Å². The Labute approximate surface area is 133 Å². The van der Waals surface area contributed by atoms with Crippen molar-refractivity contribution in [2.75, 3.05) is 11.9 Å². The maximum Gasteiger partial charge on any atom is 0.107 e. The first-order valence-electron chi connectivity index (χ1n) is 7.13. The molecule has 0 atom stereocenters. The van der Waals surface area contributed by atoms with E-state index in [2.05, 4.69) is 21.4 Å². The van der Waals surface area contributed by atoms with Crippen LogP contribution in [0.15, 0.2) is 42.5 Å². The van der Waals surface area contributed by atoms with Gasteiger partial charge in [0.25, 0.3) is 0 Å². The highest BCUT2D eigenvalue weighted by Gasteiger charge is 2.04. The number of nitrogens with one attached hydrogen (secondary N) is 2. The van der Waals surface area contributed by atoms with Gasteiger partial charge in [0.1, 0.15) is 11.9 Å². The van der Waals surface area contributed by atoms with Crippen molar-refractivity contribution in [2.24, 2.45) is 0 Å². The highest BCUT2D eigenvalue weighted by Crippen LogP contribution is 2.20. The summed E-state index contributed by atoms with van der Waals surface area (Å²) in [6.07, 6.45) is 1.78. The molecular formula is C17H15ClN4. The molecule has 3 rings (SSSR count). The van der Waals surface area contributed by atoms with Crippen LogP contribution >= 0.6 is 11.6 Å². The van der Waals surface area contributed by atoms with Crippen LogP contribution in [0.25, 0.3) is 11.0 Å². The van der Waals surface area contributed by atoms with Gasteiger partial charge in [0.05, 0.1) is 22.3 Å². The summed E-state index contributed by atoms with van der Waals surface area (Å²) in [7, 11) is 0. The predicted molar refractivity (Wildman–Crippen MR) is 89.1 cm³/mol. The molecule has 22 heavy (non-hydrogen) atoms. The van der Waals surface area contributed by atoms with Crippen molar-refractivity contribution in [2.45, 2.75) is 12.8 Å². The first-order valence-corrected chi connectivity index (χ1v) is 7.51. The van der Waals surface area contributed by atoms with E-state index in [1.807, 2.05) is 30.3 Å². The smallest absolute Gasteiger partial charge is 0.107 e. The summed E-state index contributed by atoms with van der Waals surface area (Å²) in [5.41, 5.74) is 3.44. The van der Waals surface area contributed by atoms with Crippen LogP contribution in [0, 0.1) is 11.3 Å². The molecule has 2 N–H and O–H groups in total. The second kappa shape index (κ2) is 6.50. The van der Waals surface area contributed by atoms with Gasteiger partial charge in [-0.2, -0.15) is 5.26 Å². The number of fused-ring (bicyclic) bond motifs is 1. The fourth-order valence-electron chi connectivity index (χ4n) is 2.37. The molecule has 0 spiro atoms. The number of benzene rings is 2. The monoisotopic (exact) mass is 310 g/mol. The third-order valence-corrected chi connectivity index (χ3v) is 3.68. The molecule has 3 aromatic rings. The van der Waals surface area contributed by atoms with E-state index in [1.54, 1.807) is 12.1 Å². The van der Waals surface area contributed by atoms with Crippen LogP contribution in [-0.2, 0) is 6.42 Å². The first kappa shape index (κ1) is 14.4. The summed E-state index contributed by atoms with van der Waals surface area (Å²) in [6.45, 7) is 0.771. The quantitative estimate of drug-likeness (QED) is 0.696. The Morgan fingerprint density at radius 2 is 2.09 bits per heavy atom. The first-order chi connectivity index (χ1) is 10.8. The molecule has 0 amide bonds. The number of aryl methyl sites for hydroxylation is 1. The van der Waals surface area contributed by atoms with Crippen molar-refractivity contribution in [1.29, 1.82) is 5.26 Å².